The molecule has 1 heterocycles. The third kappa shape index (κ3) is 5.12. The molecule has 6 nitrogen and oxygen atoms in total. The summed E-state index contributed by atoms with van der Waals surface area (Å²) in [6, 6.07) is 22.7. The predicted octanol–water partition coefficient (Wildman–Crippen LogP) is 5.64. The average molecular weight is 465 g/mol. The number of aromatic nitrogens is 3. The van der Waals surface area contributed by atoms with Gasteiger partial charge in [-0.3, -0.25) is 9.36 Å². The lowest BCUT2D eigenvalue weighted by Crippen LogP contribution is -2.14. The van der Waals surface area contributed by atoms with Crippen LogP contribution in [0.25, 0.3) is 17.1 Å². The van der Waals surface area contributed by atoms with Gasteiger partial charge in [-0.25, -0.2) is 0 Å². The van der Waals surface area contributed by atoms with E-state index in [1.807, 2.05) is 84.3 Å². The monoisotopic (exact) mass is 464 g/mol. The summed E-state index contributed by atoms with van der Waals surface area (Å²) in [7, 11) is 1.63. The van der Waals surface area contributed by atoms with Crippen LogP contribution in [0.2, 0.25) is 5.02 Å². The van der Waals surface area contributed by atoms with E-state index < -0.39 is 0 Å². The first-order valence-corrected chi connectivity index (χ1v) is 11.2. The molecular formula is C24H21ClN4O2S. The van der Waals surface area contributed by atoms with Crippen LogP contribution >= 0.6 is 23.4 Å². The zero-order chi connectivity index (χ0) is 22.5. The minimum atomic E-state index is -0.115. The normalized spacial score (nSPS) is 10.7. The topological polar surface area (TPSA) is 69.0 Å². The van der Waals surface area contributed by atoms with Crippen molar-refractivity contribution >= 4 is 35.0 Å². The van der Waals surface area contributed by atoms with Gasteiger partial charge < -0.3 is 10.1 Å². The van der Waals surface area contributed by atoms with Crippen molar-refractivity contribution in [3.8, 4) is 22.8 Å². The molecule has 0 spiro atoms. The summed E-state index contributed by atoms with van der Waals surface area (Å²) in [6.07, 6.45) is 0. The molecule has 3 aromatic carbocycles. The summed E-state index contributed by atoms with van der Waals surface area (Å²) >= 11 is 7.37. The van der Waals surface area contributed by atoms with Crippen LogP contribution in [-0.2, 0) is 4.79 Å². The molecule has 1 aromatic heterocycles. The second-order valence-electron chi connectivity index (χ2n) is 7.05. The molecule has 0 atom stereocenters. The molecule has 162 valence electrons. The van der Waals surface area contributed by atoms with Gasteiger partial charge in [-0.2, -0.15) is 0 Å². The van der Waals surface area contributed by atoms with E-state index in [0.29, 0.717) is 16.0 Å². The highest BCUT2D eigenvalue weighted by Gasteiger charge is 2.17. The number of hydrogen-bond acceptors (Lipinski definition) is 5. The maximum Gasteiger partial charge on any atom is 0.234 e. The number of amides is 1. The molecule has 0 fully saturated rings. The van der Waals surface area contributed by atoms with Crippen molar-refractivity contribution in [2.24, 2.45) is 0 Å². The Morgan fingerprint density at radius 1 is 1.00 bits per heavy atom. The zero-order valence-electron chi connectivity index (χ0n) is 17.6. The lowest BCUT2D eigenvalue weighted by molar-refractivity contribution is -0.113. The van der Waals surface area contributed by atoms with Crippen LogP contribution in [-0.4, -0.2) is 33.5 Å². The van der Waals surface area contributed by atoms with E-state index in [0.717, 1.165) is 28.3 Å². The SMILES string of the molecule is COc1ccc(-n2c(SCC(=O)Nc3ccc(C)cc3)nnc2-c2ccc(Cl)cc2)cc1. The largest absolute Gasteiger partial charge is 0.497 e. The number of rotatable bonds is 7. The predicted molar refractivity (Wildman–Crippen MR) is 129 cm³/mol. The van der Waals surface area contributed by atoms with E-state index >= 15 is 0 Å². The highest BCUT2D eigenvalue weighted by atomic mass is 35.5. The van der Waals surface area contributed by atoms with Crippen molar-refractivity contribution in [2.45, 2.75) is 12.1 Å². The molecule has 4 rings (SSSR count). The fraction of sp³-hybridized carbons (Fsp3) is 0.125. The third-order valence-corrected chi connectivity index (χ3v) is 5.92. The highest BCUT2D eigenvalue weighted by molar-refractivity contribution is 7.99. The first-order valence-electron chi connectivity index (χ1n) is 9.88. The van der Waals surface area contributed by atoms with E-state index in [2.05, 4.69) is 15.5 Å². The van der Waals surface area contributed by atoms with Crippen LogP contribution in [0.3, 0.4) is 0 Å². The molecule has 0 radical (unpaired) electrons. The molecule has 0 bridgehead atoms. The van der Waals surface area contributed by atoms with Crippen LogP contribution in [0.1, 0.15) is 5.56 Å². The average Bonchev–Trinajstić information content (AvgIpc) is 3.24. The number of thioether (sulfide) groups is 1. The third-order valence-electron chi connectivity index (χ3n) is 4.73. The maximum atomic E-state index is 12.5. The van der Waals surface area contributed by atoms with Crippen molar-refractivity contribution in [1.29, 1.82) is 0 Å². The van der Waals surface area contributed by atoms with E-state index in [-0.39, 0.29) is 11.7 Å². The second-order valence-corrected chi connectivity index (χ2v) is 8.43. The van der Waals surface area contributed by atoms with Crippen LogP contribution in [0.15, 0.2) is 78.0 Å². The number of aryl methyl sites for hydroxylation is 1. The zero-order valence-corrected chi connectivity index (χ0v) is 19.2. The van der Waals surface area contributed by atoms with Gasteiger partial charge in [0.1, 0.15) is 5.75 Å². The Kier molecular flexibility index (Phi) is 6.78. The highest BCUT2D eigenvalue weighted by Crippen LogP contribution is 2.29. The number of hydrogen-bond donors (Lipinski definition) is 1. The van der Waals surface area contributed by atoms with Gasteiger partial charge in [0.25, 0.3) is 0 Å². The fourth-order valence-corrected chi connectivity index (χ4v) is 3.96. The lowest BCUT2D eigenvalue weighted by atomic mass is 10.2. The summed E-state index contributed by atoms with van der Waals surface area (Å²) in [6.45, 7) is 2.01. The van der Waals surface area contributed by atoms with Gasteiger partial charge in [0.05, 0.1) is 12.9 Å². The molecule has 0 aliphatic rings. The molecule has 1 amide bonds. The summed E-state index contributed by atoms with van der Waals surface area (Å²) in [5.74, 6) is 1.49. The minimum Gasteiger partial charge on any atom is -0.497 e. The molecule has 0 aliphatic heterocycles. The Bertz CT molecular complexity index is 1210. The molecule has 0 saturated carbocycles. The van der Waals surface area contributed by atoms with E-state index in [9.17, 15) is 4.79 Å². The molecule has 32 heavy (non-hydrogen) atoms. The van der Waals surface area contributed by atoms with Crippen molar-refractivity contribution in [1.82, 2.24) is 14.8 Å². The molecule has 0 aliphatic carbocycles. The summed E-state index contributed by atoms with van der Waals surface area (Å²) in [4.78, 5) is 12.5. The van der Waals surface area contributed by atoms with Crippen molar-refractivity contribution in [3.05, 3.63) is 83.4 Å². The Hall–Kier alpha value is -3.29. The second kappa shape index (κ2) is 9.89. The van der Waals surface area contributed by atoms with Crippen LogP contribution in [0.5, 0.6) is 5.75 Å². The number of anilines is 1. The number of methoxy groups -OCH3 is 1. The lowest BCUT2D eigenvalue weighted by Gasteiger charge is -2.11. The number of ether oxygens (including phenoxy) is 1. The molecule has 4 aromatic rings. The Labute approximate surface area is 195 Å². The number of carbonyl (C=O) groups excluding carboxylic acids is 1. The van der Waals surface area contributed by atoms with Gasteiger partial charge in [0.15, 0.2) is 11.0 Å². The molecular weight excluding hydrogens is 444 g/mol. The van der Waals surface area contributed by atoms with Gasteiger partial charge in [0.2, 0.25) is 5.91 Å². The maximum absolute atomic E-state index is 12.5. The molecule has 0 unspecified atom stereocenters. The number of halogens is 1. The minimum absolute atomic E-state index is 0.115. The quantitative estimate of drug-likeness (QED) is 0.359. The number of carbonyl (C=O) groups is 1. The van der Waals surface area contributed by atoms with Crippen LogP contribution in [0.4, 0.5) is 5.69 Å². The van der Waals surface area contributed by atoms with Crippen molar-refractivity contribution in [3.63, 3.8) is 0 Å². The Morgan fingerprint density at radius 2 is 1.69 bits per heavy atom. The molecule has 1 N–H and O–H groups in total. The Morgan fingerprint density at radius 3 is 2.34 bits per heavy atom. The number of nitrogens with zero attached hydrogens (tertiary/aromatic N) is 3. The van der Waals surface area contributed by atoms with Gasteiger partial charge in [-0.05, 0) is 67.6 Å². The van der Waals surface area contributed by atoms with Gasteiger partial charge in [-0.15, -0.1) is 10.2 Å². The number of nitrogens with one attached hydrogen (secondary N) is 1. The first kappa shape index (κ1) is 21.9. The van der Waals surface area contributed by atoms with E-state index in [1.165, 1.54) is 11.8 Å². The summed E-state index contributed by atoms with van der Waals surface area (Å²) in [5, 5.41) is 12.9. The fourth-order valence-electron chi connectivity index (χ4n) is 3.08. The van der Waals surface area contributed by atoms with Gasteiger partial charge in [0, 0.05) is 22.0 Å². The number of benzene rings is 3. The van der Waals surface area contributed by atoms with E-state index in [4.69, 9.17) is 16.3 Å². The van der Waals surface area contributed by atoms with Gasteiger partial charge in [-0.1, -0.05) is 41.1 Å². The summed E-state index contributed by atoms with van der Waals surface area (Å²) < 4.78 is 7.20. The first-order chi connectivity index (χ1) is 15.5. The standard InChI is InChI=1S/C24H21ClN4O2S/c1-16-3-9-19(10-4-16)26-22(30)15-32-24-28-27-23(17-5-7-18(25)8-6-17)29(24)20-11-13-21(31-2)14-12-20/h3-14H,15H2,1-2H3,(H,26,30). The van der Waals surface area contributed by atoms with Crippen LogP contribution < -0.4 is 10.1 Å². The van der Waals surface area contributed by atoms with Crippen molar-refractivity contribution < 1.29 is 9.53 Å². The van der Waals surface area contributed by atoms with Crippen molar-refractivity contribution in [2.75, 3.05) is 18.2 Å². The Balaban J connectivity index is 1.60. The molecule has 0 saturated heterocycles. The summed E-state index contributed by atoms with van der Waals surface area (Å²) in [5.41, 5.74) is 3.63. The smallest absolute Gasteiger partial charge is 0.234 e. The van der Waals surface area contributed by atoms with E-state index in [1.54, 1.807) is 7.11 Å². The molecule has 8 heteroatoms. The van der Waals surface area contributed by atoms with Crippen LogP contribution in [0, 0.1) is 6.92 Å². The van der Waals surface area contributed by atoms with Gasteiger partial charge >= 0.3 is 0 Å².